The third-order valence-corrected chi connectivity index (χ3v) is 7.41. The Morgan fingerprint density at radius 2 is 1.85 bits per heavy atom. The van der Waals surface area contributed by atoms with Crippen LogP contribution in [0.1, 0.15) is 67.6 Å². The first-order valence-corrected chi connectivity index (χ1v) is 13.4. The van der Waals surface area contributed by atoms with Crippen LogP contribution in [0.5, 0.6) is 0 Å². The predicted molar refractivity (Wildman–Crippen MR) is 155 cm³/mol. The minimum atomic E-state index is -1.05. The summed E-state index contributed by atoms with van der Waals surface area (Å²) < 4.78 is 0. The number of benzene rings is 3. The van der Waals surface area contributed by atoms with Crippen LogP contribution in [-0.4, -0.2) is 39.9 Å². The molecule has 4 N–H and O–H groups in total. The third kappa shape index (κ3) is 5.81. The van der Waals surface area contributed by atoms with Gasteiger partial charge in [-0.2, -0.15) is 5.10 Å². The van der Waals surface area contributed by atoms with Gasteiger partial charge in [0.15, 0.2) is 0 Å². The van der Waals surface area contributed by atoms with Gasteiger partial charge in [-0.15, -0.1) is 0 Å². The summed E-state index contributed by atoms with van der Waals surface area (Å²) in [7, 11) is 0. The van der Waals surface area contributed by atoms with Gasteiger partial charge in [-0.05, 0) is 78.4 Å². The molecule has 2 amide bonds. The van der Waals surface area contributed by atoms with Crippen LogP contribution < -0.4 is 15.5 Å². The van der Waals surface area contributed by atoms with Crippen molar-refractivity contribution < 1.29 is 14.7 Å². The van der Waals surface area contributed by atoms with E-state index in [0.717, 1.165) is 42.3 Å². The van der Waals surface area contributed by atoms with E-state index in [0.29, 0.717) is 16.9 Å². The zero-order valence-corrected chi connectivity index (χ0v) is 22.6. The third-order valence-electron chi connectivity index (χ3n) is 7.41. The predicted octanol–water partition coefficient (Wildman–Crippen LogP) is 6.48. The fourth-order valence-electron chi connectivity index (χ4n) is 5.30. The molecule has 202 valence electrons. The molecule has 0 spiro atoms. The number of piperidine rings is 1. The van der Waals surface area contributed by atoms with Crippen molar-refractivity contribution >= 4 is 34.3 Å². The van der Waals surface area contributed by atoms with Crippen LogP contribution in [-0.2, 0) is 5.41 Å². The smallest absolute Gasteiger partial charge is 0.412 e. The number of carboxylic acid groups (broad SMARTS) is 1. The summed E-state index contributed by atoms with van der Waals surface area (Å²) in [6, 6.07) is 20.0. The summed E-state index contributed by atoms with van der Waals surface area (Å²) in [5.74, 6) is -0.239. The van der Waals surface area contributed by atoms with Gasteiger partial charge in [0.1, 0.15) is 0 Å². The van der Waals surface area contributed by atoms with Crippen molar-refractivity contribution in [1.29, 1.82) is 0 Å². The highest BCUT2D eigenvalue weighted by molar-refractivity contribution is 6.04. The Bertz CT molecular complexity index is 1470. The molecular weight excluding hydrogens is 490 g/mol. The summed E-state index contributed by atoms with van der Waals surface area (Å²) in [4.78, 5) is 27.5. The molecule has 2 atom stereocenters. The number of anilines is 2. The van der Waals surface area contributed by atoms with Crippen molar-refractivity contribution in [3.8, 4) is 0 Å². The Morgan fingerprint density at radius 1 is 1.05 bits per heavy atom. The Labute approximate surface area is 228 Å². The van der Waals surface area contributed by atoms with E-state index in [-0.39, 0.29) is 17.4 Å². The van der Waals surface area contributed by atoms with Crippen molar-refractivity contribution in [2.45, 2.75) is 57.5 Å². The van der Waals surface area contributed by atoms with Crippen LogP contribution in [0.15, 0.2) is 72.9 Å². The first-order valence-electron chi connectivity index (χ1n) is 13.4. The average molecular weight is 526 g/mol. The average Bonchev–Trinajstić information content (AvgIpc) is 3.40. The molecule has 39 heavy (non-hydrogen) atoms. The molecule has 0 radical (unpaired) electrons. The molecule has 1 aliphatic heterocycles. The molecule has 3 aromatic carbocycles. The second-order valence-electron chi connectivity index (χ2n) is 11.2. The lowest BCUT2D eigenvalue weighted by Crippen LogP contribution is -2.48. The number of hydrogen-bond acceptors (Lipinski definition) is 4. The Hall–Kier alpha value is -4.17. The summed E-state index contributed by atoms with van der Waals surface area (Å²) in [6.07, 6.45) is 3.52. The standard InChI is InChI=1S/C31H35N5O3/c1-31(2,3)23-10-12-24(13-11-23)34-29(37)21-8-6-7-20(17-21)28(27-9-4-5-16-32-27)36(30(38)39)25-14-15-26-22(18-25)19-33-35-26/h6-8,10-15,17-19,27-28,32H,4-5,9,16H2,1-3H3,(H,33,35)(H,34,37)(H,38,39)/t27-,28?/m0/s1. The van der Waals surface area contributed by atoms with E-state index in [1.165, 1.54) is 10.5 Å². The quantitative estimate of drug-likeness (QED) is 0.230. The normalized spacial score (nSPS) is 16.5. The maximum Gasteiger partial charge on any atom is 0.412 e. The van der Waals surface area contributed by atoms with E-state index < -0.39 is 12.1 Å². The van der Waals surface area contributed by atoms with Gasteiger partial charge in [0.25, 0.3) is 5.91 Å². The largest absolute Gasteiger partial charge is 0.465 e. The number of carbonyl (C=O) groups is 2. The fraction of sp³-hybridized carbons (Fsp3) is 0.323. The van der Waals surface area contributed by atoms with Gasteiger partial charge < -0.3 is 15.7 Å². The first kappa shape index (κ1) is 26.4. The lowest BCUT2D eigenvalue weighted by Gasteiger charge is -2.38. The SMILES string of the molecule is CC(C)(C)c1ccc(NC(=O)c2cccc(C([C@@H]3CCCCN3)N(C(=O)O)c3ccc4[nH]ncc4c3)c2)cc1. The molecule has 5 rings (SSSR count). The Morgan fingerprint density at radius 3 is 2.54 bits per heavy atom. The molecule has 8 heteroatoms. The Balaban J connectivity index is 1.48. The molecule has 1 saturated heterocycles. The maximum absolute atomic E-state index is 13.3. The molecule has 1 unspecified atom stereocenters. The van der Waals surface area contributed by atoms with E-state index in [4.69, 9.17) is 0 Å². The number of nitrogens with one attached hydrogen (secondary N) is 3. The van der Waals surface area contributed by atoms with Gasteiger partial charge in [-0.25, -0.2) is 4.79 Å². The number of hydrogen-bond donors (Lipinski definition) is 4. The number of carbonyl (C=O) groups excluding carboxylic acids is 1. The molecule has 1 fully saturated rings. The number of aromatic amines is 1. The van der Waals surface area contributed by atoms with Crippen molar-refractivity contribution in [1.82, 2.24) is 15.5 Å². The van der Waals surface area contributed by atoms with Crippen LogP contribution in [0.25, 0.3) is 10.9 Å². The summed E-state index contributed by atoms with van der Waals surface area (Å²) >= 11 is 0. The van der Waals surface area contributed by atoms with Crippen molar-refractivity contribution in [3.05, 3.63) is 89.6 Å². The van der Waals surface area contributed by atoms with E-state index in [9.17, 15) is 14.7 Å². The number of rotatable bonds is 6. The highest BCUT2D eigenvalue weighted by Crippen LogP contribution is 2.35. The van der Waals surface area contributed by atoms with Crippen LogP contribution in [0.3, 0.4) is 0 Å². The van der Waals surface area contributed by atoms with Gasteiger partial charge in [-0.1, -0.05) is 51.5 Å². The summed E-state index contributed by atoms with van der Waals surface area (Å²) in [5.41, 5.74) is 4.56. The molecule has 1 aromatic heterocycles. The van der Waals surface area contributed by atoms with E-state index in [2.05, 4.69) is 41.6 Å². The number of amides is 2. The molecule has 0 aliphatic carbocycles. The van der Waals surface area contributed by atoms with E-state index in [1.807, 2.05) is 54.6 Å². The zero-order chi connectivity index (χ0) is 27.6. The molecule has 8 nitrogen and oxygen atoms in total. The molecule has 2 heterocycles. The summed E-state index contributed by atoms with van der Waals surface area (Å²) in [5, 5.41) is 24.8. The number of H-pyrrole nitrogens is 1. The second kappa shape index (κ2) is 10.9. The lowest BCUT2D eigenvalue weighted by molar-refractivity contribution is 0.102. The van der Waals surface area contributed by atoms with Crippen molar-refractivity contribution in [3.63, 3.8) is 0 Å². The molecule has 0 bridgehead atoms. The minimum Gasteiger partial charge on any atom is -0.465 e. The van der Waals surface area contributed by atoms with Gasteiger partial charge in [0.05, 0.1) is 17.8 Å². The van der Waals surface area contributed by atoms with E-state index in [1.54, 1.807) is 18.3 Å². The van der Waals surface area contributed by atoms with Gasteiger partial charge >= 0.3 is 6.09 Å². The second-order valence-corrected chi connectivity index (χ2v) is 11.2. The van der Waals surface area contributed by atoms with Gasteiger partial charge in [0.2, 0.25) is 0 Å². The highest BCUT2D eigenvalue weighted by Gasteiger charge is 2.34. The minimum absolute atomic E-state index is 0.0250. The molecule has 1 aliphatic rings. The fourth-order valence-corrected chi connectivity index (χ4v) is 5.30. The van der Waals surface area contributed by atoms with Crippen LogP contribution in [0.2, 0.25) is 0 Å². The number of nitrogens with zero attached hydrogens (tertiary/aromatic N) is 2. The Kier molecular flexibility index (Phi) is 7.39. The molecule has 4 aromatic rings. The lowest BCUT2D eigenvalue weighted by atomic mass is 9.87. The monoisotopic (exact) mass is 525 g/mol. The summed E-state index contributed by atoms with van der Waals surface area (Å²) in [6.45, 7) is 7.27. The number of aromatic nitrogens is 2. The topological polar surface area (TPSA) is 110 Å². The van der Waals surface area contributed by atoms with Gasteiger partial charge in [0, 0.05) is 28.4 Å². The maximum atomic E-state index is 13.3. The zero-order valence-electron chi connectivity index (χ0n) is 22.6. The van der Waals surface area contributed by atoms with Gasteiger partial charge in [-0.3, -0.25) is 14.8 Å². The highest BCUT2D eigenvalue weighted by atomic mass is 16.4. The van der Waals surface area contributed by atoms with Crippen LogP contribution in [0.4, 0.5) is 16.2 Å². The van der Waals surface area contributed by atoms with Crippen LogP contribution in [0, 0.1) is 0 Å². The van der Waals surface area contributed by atoms with Crippen LogP contribution >= 0.6 is 0 Å². The van der Waals surface area contributed by atoms with Crippen molar-refractivity contribution in [2.24, 2.45) is 0 Å². The molecule has 0 saturated carbocycles. The van der Waals surface area contributed by atoms with Crippen molar-refractivity contribution in [2.75, 3.05) is 16.8 Å². The van der Waals surface area contributed by atoms with E-state index >= 15 is 0 Å². The number of fused-ring (bicyclic) bond motifs is 1. The molecular formula is C31H35N5O3. The first-order chi connectivity index (χ1) is 18.7.